The summed E-state index contributed by atoms with van der Waals surface area (Å²) >= 11 is 0. The van der Waals surface area contributed by atoms with Crippen LogP contribution in [0.15, 0.2) is 18.5 Å². The third-order valence-electron chi connectivity index (χ3n) is 3.34. The lowest BCUT2D eigenvalue weighted by Crippen LogP contribution is -2.19. The van der Waals surface area contributed by atoms with Crippen molar-refractivity contribution in [3.05, 3.63) is 18.5 Å². The zero-order chi connectivity index (χ0) is 13.2. The van der Waals surface area contributed by atoms with Gasteiger partial charge < -0.3 is 10.6 Å². The van der Waals surface area contributed by atoms with Crippen molar-refractivity contribution >= 4 is 11.4 Å². The Labute approximate surface area is 111 Å². The fourth-order valence-electron chi connectivity index (χ4n) is 2.17. The Morgan fingerprint density at radius 1 is 1.11 bits per heavy atom. The van der Waals surface area contributed by atoms with Gasteiger partial charge in [0.15, 0.2) is 0 Å². The van der Waals surface area contributed by atoms with Crippen LogP contribution in [0, 0.1) is 0 Å². The fourth-order valence-corrected chi connectivity index (χ4v) is 2.17. The van der Waals surface area contributed by atoms with Gasteiger partial charge in [0.05, 0.1) is 17.6 Å². The van der Waals surface area contributed by atoms with Crippen LogP contribution in [-0.2, 0) is 0 Å². The van der Waals surface area contributed by atoms with Crippen molar-refractivity contribution < 1.29 is 0 Å². The number of nitrogens with zero attached hydrogens (tertiary/aromatic N) is 2. The van der Waals surface area contributed by atoms with Crippen LogP contribution in [0.3, 0.4) is 0 Å². The highest BCUT2D eigenvalue weighted by atomic mass is 15.1. The Bertz CT molecular complexity index is 325. The van der Waals surface area contributed by atoms with Gasteiger partial charge >= 0.3 is 0 Å². The van der Waals surface area contributed by atoms with Crippen LogP contribution < -0.4 is 10.6 Å². The number of pyridine rings is 1. The Kier molecular flexibility index (Phi) is 7.23. The summed E-state index contributed by atoms with van der Waals surface area (Å²) < 4.78 is 0. The highest BCUT2D eigenvalue weighted by Gasteiger charge is 2.03. The van der Waals surface area contributed by atoms with E-state index < -0.39 is 0 Å². The number of hydrogen-bond donors (Lipinski definition) is 1. The molecule has 1 heterocycles. The molecule has 1 rings (SSSR count). The van der Waals surface area contributed by atoms with Crippen molar-refractivity contribution in [2.24, 2.45) is 0 Å². The van der Waals surface area contributed by atoms with Gasteiger partial charge in [-0.05, 0) is 12.5 Å². The molecule has 0 saturated heterocycles. The molecule has 0 unspecified atom stereocenters. The second kappa shape index (κ2) is 8.78. The molecule has 3 heteroatoms. The number of hydrogen-bond acceptors (Lipinski definition) is 3. The van der Waals surface area contributed by atoms with E-state index in [9.17, 15) is 0 Å². The third kappa shape index (κ3) is 5.39. The number of anilines is 2. The Morgan fingerprint density at radius 2 is 1.78 bits per heavy atom. The van der Waals surface area contributed by atoms with Gasteiger partial charge in [0, 0.05) is 19.8 Å². The molecule has 0 bridgehead atoms. The molecule has 0 fully saturated rings. The van der Waals surface area contributed by atoms with Crippen LogP contribution in [0.4, 0.5) is 11.4 Å². The van der Waals surface area contributed by atoms with E-state index in [2.05, 4.69) is 23.9 Å². The second-order valence-electron chi connectivity index (χ2n) is 4.98. The van der Waals surface area contributed by atoms with E-state index in [0.29, 0.717) is 0 Å². The maximum atomic E-state index is 5.90. The van der Waals surface area contributed by atoms with Crippen molar-refractivity contribution in [3.8, 4) is 0 Å². The molecule has 2 N–H and O–H groups in total. The lowest BCUT2D eigenvalue weighted by atomic mass is 10.1. The summed E-state index contributed by atoms with van der Waals surface area (Å²) in [5.41, 5.74) is 7.76. The van der Waals surface area contributed by atoms with Gasteiger partial charge in [-0.3, -0.25) is 4.98 Å². The molecule has 1 aromatic heterocycles. The maximum absolute atomic E-state index is 5.90. The van der Waals surface area contributed by atoms with Crippen LogP contribution >= 0.6 is 0 Å². The lowest BCUT2D eigenvalue weighted by molar-refractivity contribution is 0.589. The highest BCUT2D eigenvalue weighted by molar-refractivity contribution is 5.65. The van der Waals surface area contributed by atoms with Gasteiger partial charge in [0.2, 0.25) is 0 Å². The SMILES string of the molecule is CCCCCCCCCN(C)c1ccncc1N. The van der Waals surface area contributed by atoms with Crippen molar-refractivity contribution in [2.75, 3.05) is 24.2 Å². The Balaban J connectivity index is 2.14. The first-order chi connectivity index (χ1) is 8.75. The van der Waals surface area contributed by atoms with E-state index in [0.717, 1.165) is 17.9 Å². The molecule has 0 aromatic carbocycles. The highest BCUT2D eigenvalue weighted by Crippen LogP contribution is 2.20. The maximum Gasteiger partial charge on any atom is 0.0738 e. The predicted molar refractivity (Wildman–Crippen MR) is 79.9 cm³/mol. The minimum atomic E-state index is 0.767. The molecule has 0 atom stereocenters. The first kappa shape index (κ1) is 14.8. The van der Waals surface area contributed by atoms with Crippen LogP contribution in [0.2, 0.25) is 0 Å². The van der Waals surface area contributed by atoms with E-state index in [4.69, 9.17) is 5.73 Å². The molecule has 0 spiro atoms. The second-order valence-corrected chi connectivity index (χ2v) is 4.98. The third-order valence-corrected chi connectivity index (χ3v) is 3.34. The Hall–Kier alpha value is -1.25. The zero-order valence-corrected chi connectivity index (χ0v) is 11.9. The van der Waals surface area contributed by atoms with E-state index in [1.54, 1.807) is 12.4 Å². The van der Waals surface area contributed by atoms with Gasteiger partial charge in [-0.1, -0.05) is 45.4 Å². The fraction of sp³-hybridized carbons (Fsp3) is 0.667. The van der Waals surface area contributed by atoms with E-state index in [1.807, 2.05) is 6.07 Å². The van der Waals surface area contributed by atoms with E-state index in [-0.39, 0.29) is 0 Å². The molecule has 0 amide bonds. The number of rotatable bonds is 9. The molecule has 0 aliphatic rings. The average molecular weight is 249 g/mol. The van der Waals surface area contributed by atoms with Gasteiger partial charge in [0.1, 0.15) is 0 Å². The minimum absolute atomic E-state index is 0.767. The molecule has 102 valence electrons. The molecule has 1 aromatic rings. The molecule has 0 aliphatic carbocycles. The predicted octanol–water partition coefficient (Wildman–Crippen LogP) is 3.85. The molecular formula is C15H27N3. The standard InChI is InChI=1S/C15H27N3/c1-3-4-5-6-7-8-9-12-18(2)15-10-11-17-13-14(15)16/h10-11,13H,3-9,12,16H2,1-2H3. The monoisotopic (exact) mass is 249 g/mol. The zero-order valence-electron chi connectivity index (χ0n) is 11.9. The first-order valence-corrected chi connectivity index (χ1v) is 7.16. The van der Waals surface area contributed by atoms with Crippen molar-refractivity contribution in [1.82, 2.24) is 4.98 Å². The van der Waals surface area contributed by atoms with E-state index >= 15 is 0 Å². The van der Waals surface area contributed by atoms with Gasteiger partial charge in [-0.2, -0.15) is 0 Å². The van der Waals surface area contributed by atoms with Crippen LogP contribution in [0.5, 0.6) is 0 Å². The van der Waals surface area contributed by atoms with Gasteiger partial charge in [-0.15, -0.1) is 0 Å². The molecule has 0 radical (unpaired) electrons. The quantitative estimate of drug-likeness (QED) is 0.676. The van der Waals surface area contributed by atoms with Crippen molar-refractivity contribution in [2.45, 2.75) is 51.9 Å². The lowest BCUT2D eigenvalue weighted by Gasteiger charge is -2.20. The topological polar surface area (TPSA) is 42.2 Å². The van der Waals surface area contributed by atoms with Crippen molar-refractivity contribution in [1.29, 1.82) is 0 Å². The van der Waals surface area contributed by atoms with Crippen molar-refractivity contribution in [3.63, 3.8) is 0 Å². The number of unbranched alkanes of at least 4 members (excludes halogenated alkanes) is 6. The summed E-state index contributed by atoms with van der Waals surface area (Å²) in [6, 6.07) is 1.98. The summed E-state index contributed by atoms with van der Waals surface area (Å²) in [5.74, 6) is 0. The molecule has 3 nitrogen and oxygen atoms in total. The summed E-state index contributed by atoms with van der Waals surface area (Å²) in [6.07, 6.45) is 12.9. The van der Waals surface area contributed by atoms with Crippen LogP contribution in [-0.4, -0.2) is 18.6 Å². The largest absolute Gasteiger partial charge is 0.396 e. The van der Waals surface area contributed by atoms with Crippen LogP contribution in [0.1, 0.15) is 51.9 Å². The molecular weight excluding hydrogens is 222 g/mol. The summed E-state index contributed by atoms with van der Waals surface area (Å²) in [7, 11) is 2.10. The van der Waals surface area contributed by atoms with Gasteiger partial charge in [0.25, 0.3) is 0 Å². The smallest absolute Gasteiger partial charge is 0.0738 e. The number of aromatic nitrogens is 1. The first-order valence-electron chi connectivity index (χ1n) is 7.16. The average Bonchev–Trinajstić information content (AvgIpc) is 2.38. The number of nitrogens with two attached hydrogens (primary N) is 1. The van der Waals surface area contributed by atoms with E-state index in [1.165, 1.54) is 44.9 Å². The van der Waals surface area contributed by atoms with Gasteiger partial charge in [-0.25, -0.2) is 0 Å². The summed E-state index contributed by atoms with van der Waals surface area (Å²) in [6.45, 7) is 3.33. The minimum Gasteiger partial charge on any atom is -0.396 e. The normalized spacial score (nSPS) is 10.6. The molecule has 0 aliphatic heterocycles. The van der Waals surface area contributed by atoms with Crippen LogP contribution in [0.25, 0.3) is 0 Å². The summed E-state index contributed by atoms with van der Waals surface area (Å²) in [4.78, 5) is 6.24. The summed E-state index contributed by atoms with van der Waals surface area (Å²) in [5, 5.41) is 0. The molecule has 18 heavy (non-hydrogen) atoms. The number of nitrogen functional groups attached to an aromatic ring is 1. The molecule has 0 saturated carbocycles. The Morgan fingerprint density at radius 3 is 2.44 bits per heavy atom.